The SMILES string of the molecule is Cc1c(F)c(N)cc(-c2nc3c4c(nc(OC[C@@]56CCCN5C[C@H](F)C6)nc4c2F)N([C@@H]2CCN(C(=O)n4cnc(Cl)n4)[C@@H]2C)CCCC3)c1C(F)(F)F. The minimum atomic E-state index is -5.08. The number of anilines is 2. The van der Waals surface area contributed by atoms with Crippen LogP contribution in [0.15, 0.2) is 12.4 Å². The van der Waals surface area contributed by atoms with Crippen molar-refractivity contribution in [3.63, 3.8) is 0 Å². The van der Waals surface area contributed by atoms with Gasteiger partial charge in [0, 0.05) is 31.6 Å². The van der Waals surface area contributed by atoms with Crippen molar-refractivity contribution >= 4 is 40.0 Å². The molecule has 0 spiro atoms. The highest BCUT2D eigenvalue weighted by Gasteiger charge is 2.50. The van der Waals surface area contributed by atoms with Gasteiger partial charge in [0.15, 0.2) is 5.82 Å². The number of ether oxygens (including phenoxy) is 1. The number of aryl methyl sites for hydroxylation is 1. The van der Waals surface area contributed by atoms with Crippen molar-refractivity contribution in [3.8, 4) is 17.3 Å². The predicted octanol–water partition coefficient (Wildman–Crippen LogP) is 6.35. The Balaban J connectivity index is 1.28. The summed E-state index contributed by atoms with van der Waals surface area (Å²) in [5.74, 6) is -2.20. The number of hydrogen-bond acceptors (Lipinski definition) is 10. The Kier molecular flexibility index (Phi) is 9.05. The molecule has 1 aromatic carbocycles. The molecule has 54 heavy (non-hydrogen) atoms. The maximum absolute atomic E-state index is 17.1. The molecule has 7 heterocycles. The molecule has 4 aliphatic heterocycles. The summed E-state index contributed by atoms with van der Waals surface area (Å²) in [5, 5.41) is 4.04. The lowest BCUT2D eigenvalue weighted by atomic mass is 9.94. The number of carbonyl (C=O) groups excluding carboxylic acids is 1. The van der Waals surface area contributed by atoms with E-state index in [-0.39, 0.29) is 65.7 Å². The van der Waals surface area contributed by atoms with Gasteiger partial charge >= 0.3 is 18.2 Å². The van der Waals surface area contributed by atoms with E-state index in [0.29, 0.717) is 45.3 Å². The van der Waals surface area contributed by atoms with Crippen LogP contribution in [0.5, 0.6) is 6.01 Å². The molecule has 0 unspecified atom stereocenters. The van der Waals surface area contributed by atoms with Crippen molar-refractivity contribution in [2.24, 2.45) is 0 Å². The molecule has 4 atom stereocenters. The first-order valence-electron chi connectivity index (χ1n) is 17.9. The number of hydrogen-bond donors (Lipinski definition) is 1. The van der Waals surface area contributed by atoms with E-state index < -0.39 is 69.7 Å². The molecule has 3 aromatic heterocycles. The highest BCUT2D eigenvalue weighted by atomic mass is 35.5. The highest BCUT2D eigenvalue weighted by Crippen LogP contribution is 2.45. The second-order valence-corrected chi connectivity index (χ2v) is 15.0. The van der Waals surface area contributed by atoms with Gasteiger partial charge in [-0.05, 0) is 82.1 Å². The minimum absolute atomic E-state index is 0.0132. The van der Waals surface area contributed by atoms with Crippen LogP contribution >= 0.6 is 11.6 Å². The van der Waals surface area contributed by atoms with Gasteiger partial charge in [0.2, 0.25) is 5.28 Å². The van der Waals surface area contributed by atoms with Crippen LogP contribution in [0.25, 0.3) is 22.2 Å². The Bertz CT molecular complexity index is 2150. The van der Waals surface area contributed by atoms with Crippen LogP contribution in [0.4, 0.5) is 42.6 Å². The van der Waals surface area contributed by atoms with Crippen LogP contribution in [-0.4, -0.2) is 102 Å². The molecule has 0 aliphatic carbocycles. The number of nitrogens with zero attached hydrogens (tertiary/aromatic N) is 9. The fourth-order valence-electron chi connectivity index (χ4n) is 8.94. The number of nitrogen functional groups attached to an aromatic ring is 1. The summed E-state index contributed by atoms with van der Waals surface area (Å²) in [5.41, 5.74) is 0.940. The average Bonchev–Trinajstić information content (AvgIpc) is 3.88. The molecule has 0 bridgehead atoms. The highest BCUT2D eigenvalue weighted by molar-refractivity contribution is 6.28. The van der Waals surface area contributed by atoms with Gasteiger partial charge < -0.3 is 20.3 Å². The summed E-state index contributed by atoms with van der Waals surface area (Å²) in [6, 6.07) is -0.701. The third-order valence-electron chi connectivity index (χ3n) is 11.5. The molecule has 0 radical (unpaired) electrons. The van der Waals surface area contributed by atoms with E-state index in [1.165, 1.54) is 6.33 Å². The molecule has 4 aliphatic rings. The molecule has 2 N–H and O–H groups in total. The van der Waals surface area contributed by atoms with E-state index in [4.69, 9.17) is 27.1 Å². The van der Waals surface area contributed by atoms with Crippen LogP contribution in [0.3, 0.4) is 0 Å². The lowest BCUT2D eigenvalue weighted by Crippen LogP contribution is -2.47. The maximum Gasteiger partial charge on any atom is 0.417 e. The Morgan fingerprint density at radius 1 is 1.11 bits per heavy atom. The van der Waals surface area contributed by atoms with Crippen LogP contribution < -0.4 is 15.4 Å². The lowest BCUT2D eigenvalue weighted by Gasteiger charge is -2.36. The third kappa shape index (κ3) is 6.05. The van der Waals surface area contributed by atoms with Gasteiger partial charge in [-0.1, -0.05) is 0 Å². The second-order valence-electron chi connectivity index (χ2n) is 14.6. The number of alkyl halides is 4. The van der Waals surface area contributed by atoms with Gasteiger partial charge in [-0.15, -0.1) is 5.10 Å². The molecule has 19 heteroatoms. The van der Waals surface area contributed by atoms with Gasteiger partial charge in [0.1, 0.15) is 42.0 Å². The van der Waals surface area contributed by atoms with E-state index >= 15 is 4.39 Å². The summed E-state index contributed by atoms with van der Waals surface area (Å²) in [7, 11) is 0. The lowest BCUT2D eigenvalue weighted by molar-refractivity contribution is -0.137. The Hall–Kier alpha value is -4.45. The Morgan fingerprint density at radius 3 is 2.65 bits per heavy atom. The molecule has 3 saturated heterocycles. The van der Waals surface area contributed by atoms with E-state index in [2.05, 4.69) is 20.1 Å². The Morgan fingerprint density at radius 2 is 1.91 bits per heavy atom. The van der Waals surface area contributed by atoms with Gasteiger partial charge in [-0.3, -0.25) is 4.90 Å². The second kappa shape index (κ2) is 13.4. The summed E-state index contributed by atoms with van der Waals surface area (Å²) < 4.78 is 97.5. The van der Waals surface area contributed by atoms with Gasteiger partial charge in [0.25, 0.3) is 0 Å². The van der Waals surface area contributed by atoms with Gasteiger partial charge in [-0.2, -0.15) is 27.8 Å². The topological polar surface area (TPSA) is 131 Å². The van der Waals surface area contributed by atoms with Crippen molar-refractivity contribution in [2.45, 2.75) is 88.8 Å². The van der Waals surface area contributed by atoms with Gasteiger partial charge in [-0.25, -0.2) is 27.9 Å². The number of halogens is 7. The maximum atomic E-state index is 17.1. The van der Waals surface area contributed by atoms with E-state index in [9.17, 15) is 26.7 Å². The van der Waals surface area contributed by atoms with E-state index in [1.54, 1.807) is 4.90 Å². The fraction of sp³-hybridized carbons (Fsp3) is 0.543. The van der Waals surface area contributed by atoms with Crippen molar-refractivity contribution in [1.82, 2.24) is 39.5 Å². The van der Waals surface area contributed by atoms with Crippen LogP contribution in [0.1, 0.15) is 62.3 Å². The first-order valence-corrected chi connectivity index (χ1v) is 18.3. The summed E-state index contributed by atoms with van der Waals surface area (Å²) in [6.45, 7) is 4.56. The van der Waals surface area contributed by atoms with Crippen molar-refractivity contribution in [3.05, 3.63) is 46.1 Å². The number of likely N-dealkylation sites (tertiary alicyclic amines) is 1. The smallest absolute Gasteiger partial charge is 0.417 e. The standard InChI is InChI=1S/C35H37ClF6N10O2/c1-17-25(35(40,41)42)20(12-21(43)26(17)38)28-27(39)29-24-22(45-28)6-3-4-10-51(23-7-11-50(18(23)2)33(53)52-16-44-31(36)48-52)30(24)47-32(46-29)54-15-34-8-5-9-49(34)14-19(37)13-34/h12,16,18-19,23H,3-11,13-15,43H2,1-2H3/t18-,19-,23-,34+/m1/s1. The molecule has 4 aromatic rings. The normalized spacial score (nSPS) is 24.6. The third-order valence-corrected chi connectivity index (χ3v) is 11.6. The first kappa shape index (κ1) is 36.5. The zero-order valence-electron chi connectivity index (χ0n) is 29.4. The zero-order chi connectivity index (χ0) is 38.3. The number of nitrogens with two attached hydrogens (primary N) is 1. The molecular weight excluding hydrogens is 742 g/mol. The molecule has 288 valence electrons. The summed E-state index contributed by atoms with van der Waals surface area (Å²) in [6.07, 6.45) is -1.26. The summed E-state index contributed by atoms with van der Waals surface area (Å²) >= 11 is 5.87. The number of rotatable bonds is 5. The van der Waals surface area contributed by atoms with E-state index in [0.717, 1.165) is 24.1 Å². The number of aromatic nitrogens is 6. The predicted molar refractivity (Wildman–Crippen MR) is 186 cm³/mol. The number of carbonyl (C=O) groups is 1. The van der Waals surface area contributed by atoms with Crippen LogP contribution in [-0.2, 0) is 12.6 Å². The molecule has 8 rings (SSSR count). The molecular formula is C35H37ClF6N10O2. The number of pyridine rings is 1. The molecule has 1 amide bonds. The van der Waals surface area contributed by atoms with Crippen molar-refractivity contribution < 1.29 is 35.9 Å². The molecule has 3 fully saturated rings. The zero-order valence-corrected chi connectivity index (χ0v) is 30.2. The summed E-state index contributed by atoms with van der Waals surface area (Å²) in [4.78, 5) is 36.7. The van der Waals surface area contributed by atoms with Gasteiger partial charge in [0.05, 0.1) is 40.0 Å². The largest absolute Gasteiger partial charge is 0.461 e. The fourth-order valence-corrected chi connectivity index (χ4v) is 9.06. The van der Waals surface area contributed by atoms with E-state index in [1.807, 2.05) is 16.7 Å². The van der Waals surface area contributed by atoms with Crippen LogP contribution in [0.2, 0.25) is 5.28 Å². The average molecular weight is 779 g/mol. The number of amides is 1. The van der Waals surface area contributed by atoms with Crippen LogP contribution in [0, 0.1) is 18.6 Å². The number of fused-ring (bicyclic) bond motifs is 1. The monoisotopic (exact) mass is 778 g/mol. The quantitative estimate of drug-likeness (QED) is 0.181. The van der Waals surface area contributed by atoms with Crippen molar-refractivity contribution in [2.75, 3.05) is 43.4 Å². The number of benzene rings is 1. The molecule has 12 nitrogen and oxygen atoms in total. The minimum Gasteiger partial charge on any atom is -0.461 e. The Labute approximate surface area is 310 Å². The first-order chi connectivity index (χ1) is 25.7. The molecule has 0 saturated carbocycles. The van der Waals surface area contributed by atoms with Crippen molar-refractivity contribution in [1.29, 1.82) is 0 Å².